The monoisotopic (exact) mass is 559 g/mol. The Bertz CT molecular complexity index is 1160. The summed E-state index contributed by atoms with van der Waals surface area (Å²) < 4.78 is 25.8. The van der Waals surface area contributed by atoms with Crippen LogP contribution in [0.25, 0.3) is 0 Å². The third kappa shape index (κ3) is 6.51. The number of hydrogen-bond donors (Lipinski definition) is 1. The molecule has 1 aliphatic rings. The maximum atomic E-state index is 13.5. The number of nitrogens with one attached hydrogen (secondary N) is 1. The van der Waals surface area contributed by atoms with Gasteiger partial charge in [-0.3, -0.25) is 4.79 Å². The van der Waals surface area contributed by atoms with Crippen LogP contribution in [0.2, 0.25) is 15.1 Å². The first-order valence-electron chi connectivity index (χ1n) is 11.5. The van der Waals surface area contributed by atoms with E-state index in [0.29, 0.717) is 47.7 Å². The summed E-state index contributed by atoms with van der Waals surface area (Å²) in [4.78, 5) is 15.7. The summed E-state index contributed by atoms with van der Waals surface area (Å²) in [5.41, 5.74) is 0.894. The molecule has 35 heavy (non-hydrogen) atoms. The topological polar surface area (TPSA) is 69.7 Å². The summed E-state index contributed by atoms with van der Waals surface area (Å²) in [6, 6.07) is 12.8. The van der Waals surface area contributed by atoms with Crippen LogP contribution in [0.1, 0.15) is 25.0 Å². The molecule has 1 fully saturated rings. The molecular formula is C25H32Cl3N3O3S. The molecule has 2 unspecified atom stereocenters. The van der Waals surface area contributed by atoms with Crippen molar-refractivity contribution in [1.29, 1.82) is 0 Å². The third-order valence-corrected chi connectivity index (χ3v) is 9.37. The van der Waals surface area contributed by atoms with Crippen molar-refractivity contribution in [1.82, 2.24) is 14.5 Å². The van der Waals surface area contributed by atoms with E-state index in [9.17, 15) is 13.2 Å². The first kappa shape index (κ1) is 28.2. The molecule has 1 N–H and O–H groups in total. The van der Waals surface area contributed by atoms with Crippen LogP contribution in [0, 0.1) is 5.92 Å². The van der Waals surface area contributed by atoms with Gasteiger partial charge in [0.05, 0.1) is 21.7 Å². The molecule has 10 heteroatoms. The van der Waals surface area contributed by atoms with E-state index in [4.69, 9.17) is 34.8 Å². The van der Waals surface area contributed by atoms with Crippen molar-refractivity contribution in [2.45, 2.75) is 31.7 Å². The second-order valence-electron chi connectivity index (χ2n) is 9.42. The second kappa shape index (κ2) is 11.4. The van der Waals surface area contributed by atoms with E-state index in [-0.39, 0.29) is 17.9 Å². The SMILES string of the molecule is CNC(=O)C(C)(c1ccc(Cl)c(Cl)c1)C(Cc1ccc(Cl)cc1)CN1CCN(S(C)(=O)=O)[C@H](C)C1. The van der Waals surface area contributed by atoms with Gasteiger partial charge in [0.2, 0.25) is 15.9 Å². The van der Waals surface area contributed by atoms with Gasteiger partial charge in [-0.1, -0.05) is 53.0 Å². The van der Waals surface area contributed by atoms with Crippen LogP contribution >= 0.6 is 34.8 Å². The van der Waals surface area contributed by atoms with Crippen molar-refractivity contribution >= 4 is 50.7 Å². The Kier molecular flexibility index (Phi) is 9.16. The molecule has 0 bridgehead atoms. The van der Waals surface area contributed by atoms with Crippen LogP contribution in [-0.2, 0) is 26.7 Å². The Morgan fingerprint density at radius 3 is 2.31 bits per heavy atom. The molecular weight excluding hydrogens is 529 g/mol. The van der Waals surface area contributed by atoms with Gasteiger partial charge in [0.15, 0.2) is 0 Å². The fraction of sp³-hybridized carbons (Fsp3) is 0.480. The van der Waals surface area contributed by atoms with Crippen molar-refractivity contribution in [2.75, 3.05) is 39.5 Å². The molecule has 0 aromatic heterocycles. The number of rotatable bonds is 8. The average molecular weight is 561 g/mol. The summed E-state index contributed by atoms with van der Waals surface area (Å²) in [6.07, 6.45) is 1.86. The van der Waals surface area contributed by atoms with Crippen molar-refractivity contribution in [3.63, 3.8) is 0 Å². The first-order valence-corrected chi connectivity index (χ1v) is 14.5. The minimum absolute atomic E-state index is 0.127. The number of sulfonamides is 1. The standard InChI is InChI=1S/C25H32Cl3N3O3S/c1-17-15-30(11-12-31(17)35(4,33)34)16-20(13-18-5-8-21(26)9-6-18)25(2,24(32)29-3)19-7-10-22(27)23(28)14-19/h5-10,14,17,20H,11-13,15-16H2,1-4H3,(H,29,32)/t17-,20?,25?/m1/s1. The van der Waals surface area contributed by atoms with Crippen molar-refractivity contribution in [2.24, 2.45) is 5.92 Å². The normalized spacial score (nSPS) is 20.3. The highest BCUT2D eigenvalue weighted by Crippen LogP contribution is 2.38. The minimum atomic E-state index is -3.27. The summed E-state index contributed by atoms with van der Waals surface area (Å²) >= 11 is 18.7. The van der Waals surface area contributed by atoms with Gasteiger partial charge in [-0.15, -0.1) is 0 Å². The lowest BCUT2D eigenvalue weighted by Gasteiger charge is -2.43. The first-order chi connectivity index (χ1) is 16.4. The Balaban J connectivity index is 2.00. The smallest absolute Gasteiger partial charge is 0.230 e. The van der Waals surface area contributed by atoms with Gasteiger partial charge in [-0.05, 0) is 61.6 Å². The molecule has 192 valence electrons. The van der Waals surface area contributed by atoms with E-state index >= 15 is 0 Å². The van der Waals surface area contributed by atoms with E-state index < -0.39 is 15.4 Å². The fourth-order valence-corrected chi connectivity index (χ4v) is 6.53. The van der Waals surface area contributed by atoms with E-state index in [0.717, 1.165) is 11.1 Å². The molecule has 1 heterocycles. The number of nitrogens with zero attached hydrogens (tertiary/aromatic N) is 2. The Morgan fingerprint density at radius 1 is 1.11 bits per heavy atom. The van der Waals surface area contributed by atoms with Gasteiger partial charge in [-0.25, -0.2) is 8.42 Å². The highest BCUT2D eigenvalue weighted by atomic mass is 35.5. The van der Waals surface area contributed by atoms with Crippen LogP contribution in [-0.4, -0.2) is 69.1 Å². The van der Waals surface area contributed by atoms with Crippen LogP contribution < -0.4 is 5.32 Å². The van der Waals surface area contributed by atoms with E-state index in [2.05, 4.69) is 10.2 Å². The summed E-state index contributed by atoms with van der Waals surface area (Å²) in [6.45, 7) is 6.02. The second-order valence-corrected chi connectivity index (χ2v) is 12.6. The molecule has 1 aliphatic heterocycles. The zero-order valence-corrected chi connectivity index (χ0v) is 23.5. The molecule has 0 spiro atoms. The number of likely N-dealkylation sites (N-methyl/N-ethyl adjacent to an activating group) is 1. The number of piperazine rings is 1. The van der Waals surface area contributed by atoms with Crippen molar-refractivity contribution in [3.8, 4) is 0 Å². The van der Waals surface area contributed by atoms with Gasteiger partial charge in [0, 0.05) is 44.3 Å². The number of carbonyl (C=O) groups excluding carboxylic acids is 1. The van der Waals surface area contributed by atoms with Gasteiger partial charge < -0.3 is 10.2 Å². The molecule has 0 radical (unpaired) electrons. The van der Waals surface area contributed by atoms with Gasteiger partial charge in [0.25, 0.3) is 0 Å². The van der Waals surface area contributed by atoms with Crippen LogP contribution in [0.3, 0.4) is 0 Å². The van der Waals surface area contributed by atoms with Gasteiger partial charge in [0.1, 0.15) is 0 Å². The third-order valence-electron chi connectivity index (χ3n) is 6.99. The average Bonchev–Trinajstić information content (AvgIpc) is 2.80. The maximum Gasteiger partial charge on any atom is 0.230 e. The Morgan fingerprint density at radius 2 is 1.77 bits per heavy atom. The Labute approximate surface area is 223 Å². The van der Waals surface area contributed by atoms with Gasteiger partial charge >= 0.3 is 0 Å². The molecule has 2 aromatic rings. The number of benzene rings is 2. The number of halogens is 3. The quantitative estimate of drug-likeness (QED) is 0.517. The van der Waals surface area contributed by atoms with Crippen LogP contribution in [0.15, 0.2) is 42.5 Å². The zero-order chi connectivity index (χ0) is 26.0. The number of hydrogen-bond acceptors (Lipinski definition) is 4. The lowest BCUT2D eigenvalue weighted by Crippen LogP contribution is -2.57. The van der Waals surface area contributed by atoms with Crippen LogP contribution in [0.4, 0.5) is 0 Å². The summed E-state index contributed by atoms with van der Waals surface area (Å²) in [7, 11) is -1.64. The molecule has 6 nitrogen and oxygen atoms in total. The molecule has 2 aromatic carbocycles. The van der Waals surface area contributed by atoms with E-state index in [1.165, 1.54) is 10.6 Å². The number of carbonyl (C=O) groups is 1. The zero-order valence-electron chi connectivity index (χ0n) is 20.4. The van der Waals surface area contributed by atoms with Gasteiger partial charge in [-0.2, -0.15) is 4.31 Å². The van der Waals surface area contributed by atoms with Crippen molar-refractivity contribution < 1.29 is 13.2 Å². The molecule has 0 saturated carbocycles. The lowest BCUT2D eigenvalue weighted by atomic mass is 9.68. The largest absolute Gasteiger partial charge is 0.358 e. The predicted molar refractivity (Wildman–Crippen MR) is 144 cm³/mol. The summed E-state index contributed by atoms with van der Waals surface area (Å²) in [5.74, 6) is -0.282. The maximum absolute atomic E-state index is 13.5. The Hall–Kier alpha value is -1.35. The molecule has 1 saturated heterocycles. The lowest BCUT2D eigenvalue weighted by molar-refractivity contribution is -0.128. The van der Waals surface area contributed by atoms with Crippen molar-refractivity contribution in [3.05, 3.63) is 68.7 Å². The number of amides is 1. The molecule has 3 atom stereocenters. The molecule has 1 amide bonds. The predicted octanol–water partition coefficient (Wildman–Crippen LogP) is 4.48. The molecule has 3 rings (SSSR count). The summed E-state index contributed by atoms with van der Waals surface area (Å²) in [5, 5.41) is 4.31. The van der Waals surface area contributed by atoms with E-state index in [1.54, 1.807) is 19.2 Å². The highest BCUT2D eigenvalue weighted by Gasteiger charge is 2.44. The fourth-order valence-electron chi connectivity index (χ4n) is 4.97. The minimum Gasteiger partial charge on any atom is -0.358 e. The molecule has 0 aliphatic carbocycles. The highest BCUT2D eigenvalue weighted by molar-refractivity contribution is 7.88. The van der Waals surface area contributed by atoms with E-state index in [1.807, 2.05) is 44.2 Å². The van der Waals surface area contributed by atoms with Crippen LogP contribution in [0.5, 0.6) is 0 Å².